The van der Waals surface area contributed by atoms with Crippen molar-refractivity contribution in [2.75, 3.05) is 6.54 Å². The van der Waals surface area contributed by atoms with Crippen molar-refractivity contribution in [1.29, 1.82) is 0 Å². The Bertz CT molecular complexity index is 1610. The zero-order valence-electron chi connectivity index (χ0n) is 34.0. The number of nitrogens with one attached hydrogen (secondary N) is 1. The fourth-order valence-electron chi connectivity index (χ4n) is 4.08. The monoisotopic (exact) mass is 823 g/mol. The largest absolute Gasteiger partial charge is 0.480 e. The molecule has 0 fully saturated rings. The minimum absolute atomic E-state index is 0.0208. The number of hydrogen-bond donors (Lipinski definition) is 13. The van der Waals surface area contributed by atoms with E-state index < -0.39 is 66.0 Å². The van der Waals surface area contributed by atoms with Gasteiger partial charge in [0.1, 0.15) is 30.2 Å². The van der Waals surface area contributed by atoms with E-state index in [1.807, 2.05) is 88.5 Å². The van der Waals surface area contributed by atoms with E-state index in [0.717, 1.165) is 22.0 Å². The van der Waals surface area contributed by atoms with Crippen molar-refractivity contribution >= 4 is 46.7 Å². The Hall–Kier alpha value is -5.44. The van der Waals surface area contributed by atoms with Crippen molar-refractivity contribution in [1.82, 2.24) is 4.98 Å². The molecule has 19 N–H and O–H groups in total. The molecule has 0 radical (unpaired) electrons. The van der Waals surface area contributed by atoms with E-state index in [2.05, 4.69) is 10.7 Å². The lowest BCUT2D eigenvalue weighted by Crippen LogP contribution is -2.34. The lowest BCUT2D eigenvalue weighted by atomic mass is 10.1. The number of aromatic amines is 1. The van der Waals surface area contributed by atoms with E-state index in [1.165, 1.54) is 0 Å². The van der Waals surface area contributed by atoms with E-state index in [0.29, 0.717) is 37.5 Å². The van der Waals surface area contributed by atoms with Gasteiger partial charge in [-0.05, 0) is 54.2 Å². The van der Waals surface area contributed by atoms with Crippen LogP contribution >= 0.6 is 0 Å². The second-order valence-corrected chi connectivity index (χ2v) is 14.0. The van der Waals surface area contributed by atoms with Gasteiger partial charge in [-0.15, -0.1) is 0 Å². The number of aliphatic carboxylic acids is 6. The summed E-state index contributed by atoms with van der Waals surface area (Å²) in [5.41, 5.74) is 33.9. The number of carbonyl (C=O) groups is 6. The van der Waals surface area contributed by atoms with Gasteiger partial charge in [0.25, 0.3) is 0 Å². The van der Waals surface area contributed by atoms with Crippen molar-refractivity contribution in [3.05, 3.63) is 71.9 Å². The fraction of sp³-hybridized carbons (Fsp3) is 0.487. The Balaban J connectivity index is -0.000000646. The molecule has 0 aliphatic carbocycles. The summed E-state index contributed by atoms with van der Waals surface area (Å²) in [5, 5.41) is 50.7. The first kappa shape index (κ1) is 56.9. The summed E-state index contributed by atoms with van der Waals surface area (Å²) < 4.78 is 0. The van der Waals surface area contributed by atoms with Crippen LogP contribution in [0.3, 0.4) is 0 Å². The highest BCUT2D eigenvalue weighted by molar-refractivity contribution is 5.84. The standard InChI is InChI=1S/C11H12N2O2.C9H11NO2.2C6H13NO2.C5H11NO2.C2H5NO2/c12-9(11(14)15)5-7-6-13-10-4-2-1-3-8(7)10;10-8(9(11)12)6-7-4-2-1-3-5-7;2*1-4(2)3-5(7)6(8)9;1-3(2)4(6)5(7)8;3-1-2(4)5/h1-4,6,9,13H,5,12H2,(H,14,15);1-5,8H,6,10H2,(H,11,12);2*4-5H,3,7H2,1-2H3,(H,8,9);3-4H,6H2,1-2H3,(H,7,8);1,3H2,(H,4,5)/t9-;8-;2*5-;4-;/m00000./s1. The third kappa shape index (κ3) is 29.8. The molecule has 58 heavy (non-hydrogen) atoms. The molecule has 0 spiro atoms. The maximum absolute atomic E-state index is 10.6. The summed E-state index contributed by atoms with van der Waals surface area (Å²) in [7, 11) is 0. The highest BCUT2D eigenvalue weighted by Crippen LogP contribution is 2.18. The molecule has 3 rings (SSSR count). The third-order valence-electron chi connectivity index (χ3n) is 7.31. The number of hydrogen-bond acceptors (Lipinski definition) is 12. The molecular formula is C39H65N7O12. The van der Waals surface area contributed by atoms with Crippen molar-refractivity contribution in [3.63, 3.8) is 0 Å². The number of rotatable bonds is 15. The second kappa shape index (κ2) is 31.6. The van der Waals surface area contributed by atoms with Crippen molar-refractivity contribution in [3.8, 4) is 0 Å². The van der Waals surface area contributed by atoms with Crippen LogP contribution in [0.15, 0.2) is 60.8 Å². The molecule has 0 aliphatic heterocycles. The first-order valence-electron chi connectivity index (χ1n) is 18.2. The molecular weight excluding hydrogens is 758 g/mol. The van der Waals surface area contributed by atoms with Crippen LogP contribution in [0.5, 0.6) is 0 Å². The van der Waals surface area contributed by atoms with Crippen LogP contribution in [-0.4, -0.2) is 108 Å². The Kier molecular flexibility index (Phi) is 31.0. The number of fused-ring (bicyclic) bond motifs is 1. The smallest absolute Gasteiger partial charge is 0.320 e. The zero-order valence-corrected chi connectivity index (χ0v) is 34.0. The molecule has 2 aromatic carbocycles. The van der Waals surface area contributed by atoms with Gasteiger partial charge >= 0.3 is 35.8 Å². The fourth-order valence-corrected chi connectivity index (χ4v) is 4.08. The number of H-pyrrole nitrogens is 1. The molecule has 19 heteroatoms. The summed E-state index contributed by atoms with van der Waals surface area (Å²) in [6, 6.07) is 13.4. The van der Waals surface area contributed by atoms with Crippen LogP contribution in [-0.2, 0) is 41.6 Å². The lowest BCUT2D eigenvalue weighted by molar-refractivity contribution is -0.140. The minimum Gasteiger partial charge on any atom is -0.480 e. The van der Waals surface area contributed by atoms with Gasteiger partial charge in [0.05, 0.1) is 6.54 Å². The molecule has 0 amide bonds. The average molecular weight is 824 g/mol. The summed E-state index contributed by atoms with van der Waals surface area (Å²) in [6.07, 6.45) is 3.65. The number of benzene rings is 2. The van der Waals surface area contributed by atoms with Gasteiger partial charge in [0.2, 0.25) is 0 Å². The molecule has 328 valence electrons. The van der Waals surface area contributed by atoms with Crippen LogP contribution in [0, 0.1) is 17.8 Å². The molecule has 1 aromatic heterocycles. The molecule has 0 saturated heterocycles. The van der Waals surface area contributed by atoms with Crippen LogP contribution in [0.4, 0.5) is 0 Å². The quantitative estimate of drug-likeness (QED) is 0.104. The first-order chi connectivity index (χ1) is 26.8. The SMILES string of the molecule is CC(C)C[C@H](N)C(=O)O.CC(C)C[C@H](N)C(=O)O.CC(C)[C@H](N)C(=O)O.NCC(=O)O.N[C@@H](Cc1c[nH]c2ccccc12)C(=O)O.N[C@@H](Cc1ccccc1)C(=O)O. The predicted octanol–water partition coefficient (Wildman–Crippen LogP) is 1.74. The molecule has 3 aromatic rings. The van der Waals surface area contributed by atoms with Gasteiger partial charge in [0.15, 0.2) is 0 Å². The minimum atomic E-state index is -0.972. The van der Waals surface area contributed by atoms with Gasteiger partial charge in [0, 0.05) is 23.5 Å². The number of carboxylic acids is 6. The Labute approximate surface area is 338 Å². The molecule has 0 aliphatic rings. The van der Waals surface area contributed by atoms with E-state index in [1.54, 1.807) is 13.8 Å². The summed E-state index contributed by atoms with van der Waals surface area (Å²) in [5.74, 6) is -4.92. The van der Waals surface area contributed by atoms with Crippen molar-refractivity contribution in [2.45, 2.75) is 97.4 Å². The first-order valence-corrected chi connectivity index (χ1v) is 18.2. The van der Waals surface area contributed by atoms with Crippen molar-refractivity contribution in [2.24, 2.45) is 52.2 Å². The second-order valence-electron chi connectivity index (χ2n) is 14.0. The third-order valence-corrected chi connectivity index (χ3v) is 7.31. The Morgan fingerprint density at radius 1 is 0.552 bits per heavy atom. The topological polar surface area (TPSA) is 396 Å². The van der Waals surface area contributed by atoms with Gasteiger partial charge in [-0.25, -0.2) is 0 Å². The van der Waals surface area contributed by atoms with Gasteiger partial charge in [-0.3, -0.25) is 28.8 Å². The van der Waals surface area contributed by atoms with Crippen molar-refractivity contribution < 1.29 is 59.4 Å². The number of nitrogens with two attached hydrogens (primary N) is 6. The highest BCUT2D eigenvalue weighted by atomic mass is 16.4. The van der Waals surface area contributed by atoms with E-state index in [4.69, 9.17) is 59.3 Å². The Morgan fingerprint density at radius 3 is 1.24 bits per heavy atom. The highest BCUT2D eigenvalue weighted by Gasteiger charge is 2.16. The van der Waals surface area contributed by atoms with Crippen LogP contribution in [0.1, 0.15) is 65.5 Å². The molecule has 5 atom stereocenters. The lowest BCUT2D eigenvalue weighted by Gasteiger charge is -2.07. The van der Waals surface area contributed by atoms with Gasteiger partial charge in [-0.1, -0.05) is 90.1 Å². The Morgan fingerprint density at radius 2 is 0.931 bits per heavy atom. The van der Waals surface area contributed by atoms with E-state index in [-0.39, 0.29) is 12.5 Å². The van der Waals surface area contributed by atoms with Crippen LogP contribution in [0.25, 0.3) is 10.9 Å². The normalized spacial score (nSPS) is 12.7. The zero-order chi connectivity index (χ0) is 45.7. The molecule has 0 saturated carbocycles. The predicted molar refractivity (Wildman–Crippen MR) is 221 cm³/mol. The van der Waals surface area contributed by atoms with Gasteiger partial charge < -0.3 is 70.0 Å². The number of aromatic nitrogens is 1. The maximum atomic E-state index is 10.6. The maximum Gasteiger partial charge on any atom is 0.320 e. The van der Waals surface area contributed by atoms with E-state index >= 15 is 0 Å². The average Bonchev–Trinajstić information content (AvgIpc) is 3.54. The molecule has 19 nitrogen and oxygen atoms in total. The van der Waals surface area contributed by atoms with E-state index in [9.17, 15) is 28.8 Å². The summed E-state index contributed by atoms with van der Waals surface area (Å²) >= 11 is 0. The summed E-state index contributed by atoms with van der Waals surface area (Å²) in [6.45, 7) is 11.1. The number of carboxylic acid groups (broad SMARTS) is 6. The molecule has 1 heterocycles. The van der Waals surface area contributed by atoms with Gasteiger partial charge in [-0.2, -0.15) is 0 Å². The summed E-state index contributed by atoms with van der Waals surface area (Å²) in [4.78, 5) is 63.6. The molecule has 0 bridgehead atoms. The van der Waals surface area contributed by atoms with Crippen LogP contribution in [0.2, 0.25) is 0 Å². The van der Waals surface area contributed by atoms with Crippen LogP contribution < -0.4 is 34.4 Å². The number of para-hydroxylation sites is 1. The molecule has 0 unspecified atom stereocenters.